The number of fused-ring (bicyclic) bond motifs is 2. The molecule has 2 atom stereocenters. The van der Waals surface area contributed by atoms with Crippen LogP contribution in [0, 0.1) is 0 Å². The third kappa shape index (κ3) is 2.86. The van der Waals surface area contributed by atoms with Gasteiger partial charge in [-0.05, 0) is 37.8 Å². The summed E-state index contributed by atoms with van der Waals surface area (Å²) in [6.45, 7) is 1.35. The lowest BCUT2D eigenvalue weighted by atomic mass is 10.0. The minimum Gasteiger partial charge on any atom is -0.489 e. The maximum absolute atomic E-state index is 12.9. The lowest BCUT2D eigenvalue weighted by Crippen LogP contribution is -2.53. The van der Waals surface area contributed by atoms with Crippen molar-refractivity contribution in [3.63, 3.8) is 0 Å². The van der Waals surface area contributed by atoms with E-state index in [0.717, 1.165) is 44.3 Å². The number of hydrogen-bond acceptors (Lipinski definition) is 4. The molecular formula is C16H23N3O3S. The largest absolute Gasteiger partial charge is 0.489 e. The number of rotatable bonds is 4. The van der Waals surface area contributed by atoms with E-state index in [4.69, 9.17) is 4.74 Å². The van der Waals surface area contributed by atoms with Gasteiger partial charge in [-0.25, -0.2) is 0 Å². The normalized spacial score (nSPS) is 32.3. The fourth-order valence-electron chi connectivity index (χ4n) is 4.22. The predicted octanol–water partition coefficient (Wildman–Crippen LogP) is 1.80. The van der Waals surface area contributed by atoms with Crippen molar-refractivity contribution in [1.82, 2.24) is 13.6 Å². The van der Waals surface area contributed by atoms with E-state index in [0.29, 0.717) is 13.1 Å². The van der Waals surface area contributed by atoms with Crippen LogP contribution in [-0.4, -0.2) is 53.3 Å². The lowest BCUT2D eigenvalue weighted by molar-refractivity contribution is 0.0921. The first-order valence-electron chi connectivity index (χ1n) is 8.50. The summed E-state index contributed by atoms with van der Waals surface area (Å²) in [5.41, 5.74) is 0. The van der Waals surface area contributed by atoms with Crippen LogP contribution in [0.3, 0.4) is 0 Å². The van der Waals surface area contributed by atoms with Gasteiger partial charge < -0.3 is 4.74 Å². The average molecular weight is 337 g/mol. The Morgan fingerprint density at radius 3 is 2.43 bits per heavy atom. The first-order valence-corrected chi connectivity index (χ1v) is 9.89. The van der Waals surface area contributed by atoms with Crippen LogP contribution in [0.1, 0.15) is 38.5 Å². The minimum absolute atomic E-state index is 0.0843. The standard InChI is InChI=1S/C16H23N3O3S/c20-23(21,18-8-1-2-9-18)19-13-5-6-14(19)11-16(10-13)22-15-4-3-7-17-12-15/h3-4,7,12-14,16H,1-2,5-6,8-11H2/t13-,14-/m0/s1. The van der Waals surface area contributed by atoms with Crippen LogP contribution in [0.15, 0.2) is 24.5 Å². The van der Waals surface area contributed by atoms with Crippen molar-refractivity contribution in [1.29, 1.82) is 0 Å². The van der Waals surface area contributed by atoms with Crippen LogP contribution in [0.25, 0.3) is 0 Å². The molecule has 3 aliphatic rings. The second-order valence-electron chi connectivity index (χ2n) is 6.73. The summed E-state index contributed by atoms with van der Waals surface area (Å²) >= 11 is 0. The summed E-state index contributed by atoms with van der Waals surface area (Å²) in [5, 5.41) is 0. The molecule has 4 heterocycles. The zero-order valence-electron chi connectivity index (χ0n) is 13.2. The van der Waals surface area contributed by atoms with E-state index in [9.17, 15) is 8.42 Å². The Morgan fingerprint density at radius 2 is 1.83 bits per heavy atom. The van der Waals surface area contributed by atoms with Crippen LogP contribution in [0.2, 0.25) is 0 Å². The molecule has 0 spiro atoms. The Kier molecular flexibility index (Phi) is 4.03. The van der Waals surface area contributed by atoms with Crippen molar-refractivity contribution in [2.45, 2.75) is 56.7 Å². The van der Waals surface area contributed by atoms with E-state index >= 15 is 0 Å². The highest BCUT2D eigenvalue weighted by molar-refractivity contribution is 7.86. The topological polar surface area (TPSA) is 62.7 Å². The van der Waals surface area contributed by atoms with Crippen LogP contribution in [0.4, 0.5) is 0 Å². The summed E-state index contributed by atoms with van der Waals surface area (Å²) in [4.78, 5) is 4.07. The van der Waals surface area contributed by atoms with Crippen LogP contribution < -0.4 is 4.74 Å². The summed E-state index contributed by atoms with van der Waals surface area (Å²) in [6.07, 6.45) is 8.94. The Bertz CT molecular complexity index is 632. The van der Waals surface area contributed by atoms with Crippen molar-refractivity contribution in [3.05, 3.63) is 24.5 Å². The fourth-order valence-corrected chi connectivity index (χ4v) is 6.34. The molecular weight excluding hydrogens is 314 g/mol. The molecule has 3 fully saturated rings. The molecule has 3 saturated heterocycles. The van der Waals surface area contributed by atoms with Gasteiger partial charge >= 0.3 is 0 Å². The smallest absolute Gasteiger partial charge is 0.282 e. The van der Waals surface area contributed by atoms with Gasteiger partial charge in [0.15, 0.2) is 0 Å². The molecule has 23 heavy (non-hydrogen) atoms. The second-order valence-corrected chi connectivity index (χ2v) is 8.56. The first-order chi connectivity index (χ1) is 11.1. The van der Waals surface area contributed by atoms with Crippen molar-refractivity contribution < 1.29 is 13.2 Å². The highest BCUT2D eigenvalue weighted by Crippen LogP contribution is 2.40. The number of aromatic nitrogens is 1. The lowest BCUT2D eigenvalue weighted by Gasteiger charge is -2.39. The molecule has 4 rings (SSSR count). The molecule has 1 aromatic heterocycles. The Hall–Kier alpha value is -1.18. The zero-order chi connectivity index (χ0) is 15.9. The van der Waals surface area contributed by atoms with Gasteiger partial charge in [0.2, 0.25) is 0 Å². The average Bonchev–Trinajstić information content (AvgIpc) is 3.16. The van der Waals surface area contributed by atoms with Crippen LogP contribution >= 0.6 is 0 Å². The van der Waals surface area contributed by atoms with E-state index in [-0.39, 0.29) is 18.2 Å². The zero-order valence-corrected chi connectivity index (χ0v) is 14.0. The second kappa shape index (κ2) is 6.03. The Labute approximate surface area is 137 Å². The first kappa shape index (κ1) is 15.4. The highest BCUT2D eigenvalue weighted by atomic mass is 32.2. The van der Waals surface area contributed by atoms with E-state index in [1.165, 1.54) is 0 Å². The summed E-state index contributed by atoms with van der Waals surface area (Å²) in [5.74, 6) is 0.771. The van der Waals surface area contributed by atoms with Gasteiger partial charge in [0.1, 0.15) is 11.9 Å². The van der Waals surface area contributed by atoms with Gasteiger partial charge in [-0.2, -0.15) is 17.0 Å². The van der Waals surface area contributed by atoms with Crippen molar-refractivity contribution in [3.8, 4) is 5.75 Å². The molecule has 0 saturated carbocycles. The molecule has 0 aromatic carbocycles. The molecule has 0 amide bonds. The highest BCUT2D eigenvalue weighted by Gasteiger charge is 2.49. The minimum atomic E-state index is -3.30. The van der Waals surface area contributed by atoms with Gasteiger partial charge in [0.25, 0.3) is 10.2 Å². The molecule has 126 valence electrons. The molecule has 2 bridgehead atoms. The van der Waals surface area contributed by atoms with Gasteiger partial charge in [-0.1, -0.05) is 0 Å². The Morgan fingerprint density at radius 1 is 1.13 bits per heavy atom. The van der Waals surface area contributed by atoms with E-state index in [1.807, 2.05) is 12.1 Å². The fraction of sp³-hybridized carbons (Fsp3) is 0.688. The van der Waals surface area contributed by atoms with E-state index in [1.54, 1.807) is 21.0 Å². The monoisotopic (exact) mass is 337 g/mol. The number of piperidine rings is 1. The molecule has 3 aliphatic heterocycles. The molecule has 6 nitrogen and oxygen atoms in total. The van der Waals surface area contributed by atoms with Crippen molar-refractivity contribution in [2.75, 3.05) is 13.1 Å². The molecule has 0 N–H and O–H groups in total. The van der Waals surface area contributed by atoms with Crippen LogP contribution in [-0.2, 0) is 10.2 Å². The van der Waals surface area contributed by atoms with Gasteiger partial charge in [-0.15, -0.1) is 0 Å². The third-order valence-corrected chi connectivity index (χ3v) is 7.36. The maximum Gasteiger partial charge on any atom is 0.282 e. The Balaban J connectivity index is 1.48. The van der Waals surface area contributed by atoms with Crippen molar-refractivity contribution >= 4 is 10.2 Å². The summed E-state index contributed by atoms with van der Waals surface area (Å²) in [6, 6.07) is 3.93. The molecule has 0 radical (unpaired) electrons. The predicted molar refractivity (Wildman–Crippen MR) is 86.3 cm³/mol. The summed E-state index contributed by atoms with van der Waals surface area (Å²) < 4.78 is 35.3. The molecule has 7 heteroatoms. The van der Waals surface area contributed by atoms with Gasteiger partial charge in [0, 0.05) is 44.2 Å². The number of nitrogens with zero attached hydrogens (tertiary/aromatic N) is 3. The molecule has 0 unspecified atom stereocenters. The maximum atomic E-state index is 12.9. The molecule has 1 aromatic rings. The van der Waals surface area contributed by atoms with E-state index in [2.05, 4.69) is 4.98 Å². The van der Waals surface area contributed by atoms with Gasteiger partial charge in [0.05, 0.1) is 6.20 Å². The van der Waals surface area contributed by atoms with Crippen LogP contribution in [0.5, 0.6) is 5.75 Å². The third-order valence-electron chi connectivity index (χ3n) is 5.22. The number of hydrogen-bond donors (Lipinski definition) is 0. The summed E-state index contributed by atoms with van der Waals surface area (Å²) in [7, 11) is -3.30. The van der Waals surface area contributed by atoms with Crippen molar-refractivity contribution in [2.24, 2.45) is 0 Å². The quantitative estimate of drug-likeness (QED) is 0.840. The number of ether oxygens (including phenoxy) is 1. The van der Waals surface area contributed by atoms with Gasteiger partial charge in [-0.3, -0.25) is 4.98 Å². The molecule has 0 aliphatic carbocycles. The van der Waals surface area contributed by atoms with E-state index < -0.39 is 10.2 Å². The SMILES string of the molecule is O=S(=O)(N1CCCC1)N1[C@H]2CC[C@H]1CC(Oc1cccnc1)C2. The number of pyridine rings is 1.